The van der Waals surface area contributed by atoms with Crippen molar-refractivity contribution in [2.45, 2.75) is 6.92 Å². The molecule has 2 aromatic carbocycles. The topological polar surface area (TPSA) is 84.3 Å². The number of rotatable bonds is 6. The Bertz CT molecular complexity index is 999. The highest BCUT2D eigenvalue weighted by Crippen LogP contribution is 2.21. The molecule has 0 saturated heterocycles. The first kappa shape index (κ1) is 18.1. The minimum atomic E-state index is -0.971. The van der Waals surface area contributed by atoms with Gasteiger partial charge in [-0.1, -0.05) is 30.3 Å². The molecule has 0 atom stereocenters. The van der Waals surface area contributed by atoms with Crippen LogP contribution in [0.15, 0.2) is 60.9 Å². The molecule has 6 heteroatoms. The van der Waals surface area contributed by atoms with Crippen molar-refractivity contribution in [1.29, 1.82) is 0 Å². The van der Waals surface area contributed by atoms with Crippen LogP contribution < -0.4 is 10.1 Å². The molecule has 0 amide bonds. The molecule has 0 aliphatic rings. The van der Waals surface area contributed by atoms with Crippen LogP contribution in [-0.2, 0) is 0 Å². The smallest absolute Gasteiger partial charge is 0.335 e. The highest BCUT2D eigenvalue weighted by molar-refractivity contribution is 5.89. The van der Waals surface area contributed by atoms with E-state index in [0.29, 0.717) is 22.8 Å². The minimum Gasteiger partial charge on any atom is -0.496 e. The summed E-state index contributed by atoms with van der Waals surface area (Å²) in [5.41, 5.74) is 3.20. The van der Waals surface area contributed by atoms with Crippen LogP contribution >= 0.6 is 0 Å². The first-order valence-corrected chi connectivity index (χ1v) is 8.32. The number of carboxylic acids is 1. The second-order valence-corrected chi connectivity index (χ2v) is 5.79. The van der Waals surface area contributed by atoms with Gasteiger partial charge in [-0.2, -0.15) is 0 Å². The zero-order valence-electron chi connectivity index (χ0n) is 15.0. The molecule has 1 heterocycles. The van der Waals surface area contributed by atoms with Gasteiger partial charge in [0.05, 0.1) is 30.3 Å². The maximum Gasteiger partial charge on any atom is 0.335 e. The molecule has 6 nitrogen and oxygen atoms in total. The molecule has 1 aromatic heterocycles. The standard InChI is InChI=1S/C21H19N3O3/c1-14-20(22-11-10-15-6-3-4-9-19(15)27-2)23-13-18(24-14)16-7-5-8-17(12-16)21(25)26/h3-13H,1-2H3,(H,22,23)(H,25,26)/b11-10+. The number of aryl methyl sites for hydroxylation is 1. The maximum absolute atomic E-state index is 11.1. The van der Waals surface area contributed by atoms with Crippen LogP contribution in [0.2, 0.25) is 0 Å². The molecule has 0 saturated carbocycles. The second kappa shape index (κ2) is 8.14. The van der Waals surface area contributed by atoms with Gasteiger partial charge in [0.1, 0.15) is 5.75 Å². The summed E-state index contributed by atoms with van der Waals surface area (Å²) < 4.78 is 5.31. The van der Waals surface area contributed by atoms with Crippen molar-refractivity contribution >= 4 is 17.9 Å². The predicted molar refractivity (Wildman–Crippen MR) is 105 cm³/mol. The average molecular weight is 361 g/mol. The lowest BCUT2D eigenvalue weighted by Gasteiger charge is -2.08. The highest BCUT2D eigenvalue weighted by Gasteiger charge is 2.08. The van der Waals surface area contributed by atoms with Crippen molar-refractivity contribution in [1.82, 2.24) is 9.97 Å². The molecule has 2 N–H and O–H groups in total. The lowest BCUT2D eigenvalue weighted by molar-refractivity contribution is 0.0697. The van der Waals surface area contributed by atoms with Gasteiger partial charge in [0.15, 0.2) is 5.82 Å². The van der Waals surface area contributed by atoms with Gasteiger partial charge in [-0.05, 0) is 31.2 Å². The maximum atomic E-state index is 11.1. The Hall–Kier alpha value is -3.67. The number of nitrogens with one attached hydrogen (secondary N) is 1. The molecule has 27 heavy (non-hydrogen) atoms. The van der Waals surface area contributed by atoms with Crippen molar-refractivity contribution < 1.29 is 14.6 Å². The number of hydrogen-bond donors (Lipinski definition) is 2. The van der Waals surface area contributed by atoms with Crippen LogP contribution in [0.5, 0.6) is 5.75 Å². The quantitative estimate of drug-likeness (QED) is 0.683. The van der Waals surface area contributed by atoms with Crippen molar-refractivity contribution in [2.24, 2.45) is 0 Å². The molecule has 0 bridgehead atoms. The van der Waals surface area contributed by atoms with Gasteiger partial charge in [0, 0.05) is 17.3 Å². The molecule has 0 aliphatic carbocycles. The van der Waals surface area contributed by atoms with E-state index in [1.165, 1.54) is 0 Å². The summed E-state index contributed by atoms with van der Waals surface area (Å²) in [4.78, 5) is 20.0. The van der Waals surface area contributed by atoms with Crippen molar-refractivity contribution in [3.63, 3.8) is 0 Å². The van der Waals surface area contributed by atoms with Crippen LogP contribution in [0.3, 0.4) is 0 Å². The molecular formula is C21H19N3O3. The Morgan fingerprint density at radius 1 is 1.19 bits per heavy atom. The van der Waals surface area contributed by atoms with Crippen LogP contribution in [-0.4, -0.2) is 28.2 Å². The molecule has 3 rings (SSSR count). The number of benzene rings is 2. The van der Waals surface area contributed by atoms with Crippen LogP contribution in [0.1, 0.15) is 21.6 Å². The number of anilines is 1. The summed E-state index contributed by atoms with van der Waals surface area (Å²) in [6.45, 7) is 1.84. The van der Waals surface area contributed by atoms with E-state index in [0.717, 1.165) is 11.3 Å². The summed E-state index contributed by atoms with van der Waals surface area (Å²) in [6.07, 6.45) is 5.29. The number of carbonyl (C=O) groups is 1. The summed E-state index contributed by atoms with van der Waals surface area (Å²) in [5, 5.41) is 12.2. The summed E-state index contributed by atoms with van der Waals surface area (Å²) in [6, 6.07) is 14.3. The molecule has 0 radical (unpaired) electrons. The van der Waals surface area contributed by atoms with E-state index in [9.17, 15) is 4.79 Å². The Kier molecular flexibility index (Phi) is 5.47. The fourth-order valence-corrected chi connectivity index (χ4v) is 2.59. The van der Waals surface area contributed by atoms with E-state index in [4.69, 9.17) is 9.84 Å². The van der Waals surface area contributed by atoms with Crippen LogP contribution in [0.25, 0.3) is 17.3 Å². The molecule has 136 valence electrons. The summed E-state index contributed by atoms with van der Waals surface area (Å²) >= 11 is 0. The lowest BCUT2D eigenvalue weighted by Crippen LogP contribution is -2.00. The van der Waals surface area contributed by atoms with E-state index in [1.807, 2.05) is 43.3 Å². The monoisotopic (exact) mass is 361 g/mol. The van der Waals surface area contributed by atoms with Gasteiger partial charge in [-0.3, -0.25) is 0 Å². The van der Waals surface area contributed by atoms with E-state index in [-0.39, 0.29) is 5.56 Å². The van der Waals surface area contributed by atoms with Crippen LogP contribution in [0, 0.1) is 6.92 Å². The fourth-order valence-electron chi connectivity index (χ4n) is 2.59. The summed E-state index contributed by atoms with van der Waals surface area (Å²) in [7, 11) is 1.63. The van der Waals surface area contributed by atoms with E-state index in [2.05, 4.69) is 15.3 Å². The predicted octanol–water partition coefficient (Wildman–Crippen LogP) is 4.24. The molecule has 0 unspecified atom stereocenters. The largest absolute Gasteiger partial charge is 0.496 e. The number of methoxy groups -OCH3 is 1. The second-order valence-electron chi connectivity index (χ2n) is 5.79. The first-order chi connectivity index (χ1) is 13.1. The fraction of sp³-hybridized carbons (Fsp3) is 0.0952. The molecule has 0 fully saturated rings. The Morgan fingerprint density at radius 3 is 2.74 bits per heavy atom. The van der Waals surface area contributed by atoms with Gasteiger partial charge >= 0.3 is 5.97 Å². The molecular weight excluding hydrogens is 342 g/mol. The summed E-state index contributed by atoms with van der Waals surface area (Å²) in [5.74, 6) is 0.438. The number of ether oxygens (including phenoxy) is 1. The Balaban J connectivity index is 1.78. The third-order valence-electron chi connectivity index (χ3n) is 3.97. The zero-order chi connectivity index (χ0) is 19.2. The zero-order valence-corrected chi connectivity index (χ0v) is 15.0. The third kappa shape index (κ3) is 4.30. The minimum absolute atomic E-state index is 0.217. The van der Waals surface area contributed by atoms with Crippen LogP contribution in [0.4, 0.5) is 5.82 Å². The SMILES string of the molecule is COc1ccccc1/C=C/Nc1ncc(-c2cccc(C(=O)O)c2)nc1C. The molecule has 0 spiro atoms. The van der Waals surface area contributed by atoms with Gasteiger partial charge < -0.3 is 15.2 Å². The third-order valence-corrected chi connectivity index (χ3v) is 3.97. The number of para-hydroxylation sites is 1. The lowest BCUT2D eigenvalue weighted by atomic mass is 10.1. The van der Waals surface area contributed by atoms with E-state index in [1.54, 1.807) is 37.7 Å². The van der Waals surface area contributed by atoms with E-state index >= 15 is 0 Å². The number of hydrogen-bond acceptors (Lipinski definition) is 5. The highest BCUT2D eigenvalue weighted by atomic mass is 16.5. The van der Waals surface area contributed by atoms with E-state index < -0.39 is 5.97 Å². The average Bonchev–Trinajstić information content (AvgIpc) is 2.69. The van der Waals surface area contributed by atoms with Gasteiger partial charge in [-0.25, -0.2) is 14.8 Å². The number of nitrogens with zero attached hydrogens (tertiary/aromatic N) is 2. The van der Waals surface area contributed by atoms with Gasteiger partial charge in [-0.15, -0.1) is 0 Å². The van der Waals surface area contributed by atoms with Crippen molar-refractivity contribution in [2.75, 3.05) is 12.4 Å². The van der Waals surface area contributed by atoms with Gasteiger partial charge in [0.25, 0.3) is 0 Å². The number of carboxylic acid groups (broad SMARTS) is 1. The normalized spacial score (nSPS) is 10.7. The number of aromatic nitrogens is 2. The van der Waals surface area contributed by atoms with Crippen molar-refractivity contribution in [3.8, 4) is 17.0 Å². The molecule has 3 aromatic rings. The Morgan fingerprint density at radius 2 is 2.00 bits per heavy atom. The van der Waals surface area contributed by atoms with Gasteiger partial charge in [0.2, 0.25) is 0 Å². The Labute approximate surface area is 157 Å². The molecule has 0 aliphatic heterocycles. The van der Waals surface area contributed by atoms with Crippen molar-refractivity contribution in [3.05, 3.63) is 77.7 Å². The first-order valence-electron chi connectivity index (χ1n) is 8.32. The number of aromatic carboxylic acids is 1.